The number of ether oxygens (including phenoxy) is 3. The van der Waals surface area contributed by atoms with Crippen molar-refractivity contribution in [1.82, 2.24) is 26.6 Å². The highest BCUT2D eigenvalue weighted by molar-refractivity contribution is 6.01. The van der Waals surface area contributed by atoms with Gasteiger partial charge in [-0.1, -0.05) is 44.2 Å². The molecule has 0 bridgehead atoms. The number of methoxy groups -OCH3 is 2. The summed E-state index contributed by atoms with van der Waals surface area (Å²) in [6.07, 6.45) is 0.670. The van der Waals surface area contributed by atoms with E-state index in [2.05, 4.69) is 26.6 Å². The zero-order valence-electron chi connectivity index (χ0n) is 29.8. The predicted molar refractivity (Wildman–Crippen MR) is 192 cm³/mol. The summed E-state index contributed by atoms with van der Waals surface area (Å²) in [5, 5.41) is 23.5. The molecule has 1 heterocycles. The highest BCUT2D eigenvalue weighted by Crippen LogP contribution is 2.28. The van der Waals surface area contributed by atoms with Crippen LogP contribution in [0.2, 0.25) is 0 Å². The first-order valence-corrected chi connectivity index (χ1v) is 17.2. The van der Waals surface area contributed by atoms with Crippen molar-refractivity contribution in [3.8, 4) is 23.0 Å². The van der Waals surface area contributed by atoms with Crippen LogP contribution in [0, 0.1) is 5.92 Å². The fraction of sp³-hybridized carbons (Fsp3) is 0.395. The van der Waals surface area contributed by atoms with E-state index < -0.39 is 54.1 Å². The van der Waals surface area contributed by atoms with Crippen LogP contribution >= 0.6 is 0 Å². The molecule has 0 radical (unpaired) electrons. The van der Waals surface area contributed by atoms with Crippen molar-refractivity contribution >= 4 is 29.5 Å². The highest BCUT2D eigenvalue weighted by Gasteiger charge is 2.31. The summed E-state index contributed by atoms with van der Waals surface area (Å²) in [5.74, 6) is -1.87. The molecule has 1 aliphatic heterocycles. The summed E-state index contributed by atoms with van der Waals surface area (Å²) in [6, 6.07) is 14.7. The van der Waals surface area contributed by atoms with Crippen molar-refractivity contribution < 1.29 is 43.3 Å². The predicted octanol–water partition coefficient (Wildman–Crippen LogP) is 2.02. The van der Waals surface area contributed by atoms with Gasteiger partial charge in [0, 0.05) is 13.0 Å². The van der Waals surface area contributed by atoms with E-state index in [1.807, 2.05) is 12.1 Å². The lowest BCUT2D eigenvalue weighted by molar-refractivity contribution is -0.133. The van der Waals surface area contributed by atoms with Crippen molar-refractivity contribution in [2.45, 2.75) is 57.7 Å². The maximum atomic E-state index is 13.7. The Morgan fingerprint density at radius 3 is 2.33 bits per heavy atom. The molecule has 0 aliphatic carbocycles. The number of rotatable bonds is 10. The molecule has 5 amide bonds. The molecule has 278 valence electrons. The number of aryl methyl sites for hydroxylation is 1. The average Bonchev–Trinajstić information content (AvgIpc) is 3.13. The number of carbonyl (C=O) groups is 5. The lowest BCUT2D eigenvalue weighted by atomic mass is 10.0. The molecule has 6 N–H and O–H groups in total. The van der Waals surface area contributed by atoms with Gasteiger partial charge < -0.3 is 45.9 Å². The number of benzene rings is 3. The van der Waals surface area contributed by atoms with E-state index in [4.69, 9.17) is 14.2 Å². The number of nitrogens with one attached hydrogen (secondary N) is 5. The molecule has 0 spiro atoms. The maximum Gasteiger partial charge on any atom is 0.255 e. The van der Waals surface area contributed by atoms with Crippen molar-refractivity contribution in [2.75, 3.05) is 33.9 Å². The number of para-hydroxylation sites is 1. The van der Waals surface area contributed by atoms with E-state index in [0.29, 0.717) is 29.9 Å². The van der Waals surface area contributed by atoms with Gasteiger partial charge in [0.2, 0.25) is 23.6 Å². The fourth-order valence-corrected chi connectivity index (χ4v) is 5.64. The third kappa shape index (κ3) is 11.1. The van der Waals surface area contributed by atoms with Gasteiger partial charge in [0.05, 0.1) is 32.7 Å². The largest absolute Gasteiger partial charge is 0.508 e. The molecule has 1 aliphatic rings. The number of phenolic OH excluding ortho intramolecular Hbond substituents is 1. The minimum absolute atomic E-state index is 0.0162. The van der Waals surface area contributed by atoms with Gasteiger partial charge in [-0.05, 0) is 66.3 Å². The summed E-state index contributed by atoms with van der Waals surface area (Å²) < 4.78 is 16.5. The van der Waals surface area contributed by atoms with Gasteiger partial charge in [0.25, 0.3) is 5.91 Å². The number of hydrogen-bond acceptors (Lipinski definition) is 9. The highest BCUT2D eigenvalue weighted by atomic mass is 16.5. The molecule has 3 aromatic rings. The number of phenols is 1. The molecule has 14 heteroatoms. The first kappa shape index (κ1) is 39.0. The summed E-state index contributed by atoms with van der Waals surface area (Å²) in [4.78, 5) is 67.6. The molecular formula is C38H47N5O9. The lowest BCUT2D eigenvalue weighted by Gasteiger charge is -2.26. The van der Waals surface area contributed by atoms with Crippen LogP contribution in [0.5, 0.6) is 23.0 Å². The average molecular weight is 718 g/mol. The second-order valence-corrected chi connectivity index (χ2v) is 12.7. The molecule has 52 heavy (non-hydrogen) atoms. The standard InChI is InChI=1S/C38H47N5O9/c1-23(2)34-38(49)40-18-19-52-30-10-6-5-9-27(30)35(46)42-29(36(47)39-17-7-8-24-13-16-31(50-3)32(21-24)51-4)22-33(45)41-28(37(48)43-34)20-25-11-14-26(44)15-12-25/h5-6,9-16,21,23,28-29,34,44H,7-8,17-20,22H2,1-4H3,(H,39,47)(H,40,49)(H,41,45)(H,42,46)(H,43,48)/t28-,29-,34+/m0/s1. The number of hydrogen-bond donors (Lipinski definition) is 6. The number of fused-ring (bicyclic) bond motifs is 1. The third-order valence-corrected chi connectivity index (χ3v) is 8.47. The summed E-state index contributed by atoms with van der Waals surface area (Å²) in [6.45, 7) is 3.89. The van der Waals surface area contributed by atoms with E-state index in [1.54, 1.807) is 64.5 Å². The summed E-state index contributed by atoms with van der Waals surface area (Å²) in [5.41, 5.74) is 1.72. The third-order valence-electron chi connectivity index (χ3n) is 8.47. The van der Waals surface area contributed by atoms with E-state index in [9.17, 15) is 29.1 Å². The van der Waals surface area contributed by atoms with Crippen LogP contribution in [-0.2, 0) is 32.0 Å². The molecule has 0 unspecified atom stereocenters. The van der Waals surface area contributed by atoms with E-state index in [0.717, 1.165) is 5.56 Å². The zero-order valence-corrected chi connectivity index (χ0v) is 29.8. The molecule has 0 aromatic heterocycles. The van der Waals surface area contributed by atoms with Crippen LogP contribution in [0.3, 0.4) is 0 Å². The Bertz CT molecular complexity index is 1710. The van der Waals surface area contributed by atoms with E-state index >= 15 is 0 Å². The Labute approximate surface area is 303 Å². The normalized spacial score (nSPS) is 18.8. The Kier molecular flexibility index (Phi) is 14.2. The minimum Gasteiger partial charge on any atom is -0.508 e. The topological polar surface area (TPSA) is 193 Å². The number of amides is 5. The second kappa shape index (κ2) is 19.0. The van der Waals surface area contributed by atoms with Crippen molar-refractivity contribution in [2.24, 2.45) is 5.92 Å². The van der Waals surface area contributed by atoms with Crippen LogP contribution in [0.25, 0.3) is 0 Å². The Hall–Kier alpha value is -5.79. The van der Waals surface area contributed by atoms with Crippen molar-refractivity contribution in [1.29, 1.82) is 0 Å². The van der Waals surface area contributed by atoms with Crippen molar-refractivity contribution in [3.63, 3.8) is 0 Å². The van der Waals surface area contributed by atoms with Gasteiger partial charge in [0.1, 0.15) is 36.2 Å². The molecule has 14 nitrogen and oxygen atoms in total. The molecule has 3 atom stereocenters. The molecule has 3 aromatic carbocycles. The second-order valence-electron chi connectivity index (χ2n) is 12.7. The summed E-state index contributed by atoms with van der Waals surface area (Å²) >= 11 is 0. The van der Waals surface area contributed by atoms with Gasteiger partial charge in [-0.3, -0.25) is 24.0 Å². The van der Waals surface area contributed by atoms with Crippen LogP contribution < -0.4 is 40.8 Å². The van der Waals surface area contributed by atoms with Gasteiger partial charge in [-0.2, -0.15) is 0 Å². The SMILES string of the molecule is COc1ccc(CCCNC(=O)[C@@H]2CC(=O)N[C@@H](Cc3ccc(O)cc3)C(=O)N[C@H](C(C)C)C(=O)NCCOc3ccccc3C(=O)N2)cc1OC. The number of aromatic hydroxyl groups is 1. The van der Waals surface area contributed by atoms with Crippen LogP contribution in [0.4, 0.5) is 0 Å². The Balaban J connectivity index is 1.57. The van der Waals surface area contributed by atoms with Gasteiger partial charge in [-0.25, -0.2) is 0 Å². The van der Waals surface area contributed by atoms with E-state index in [-0.39, 0.29) is 49.1 Å². The monoisotopic (exact) mass is 717 g/mol. The quantitative estimate of drug-likeness (QED) is 0.170. The first-order valence-electron chi connectivity index (χ1n) is 17.2. The minimum atomic E-state index is -1.32. The van der Waals surface area contributed by atoms with Crippen LogP contribution in [-0.4, -0.2) is 86.7 Å². The first-order chi connectivity index (χ1) is 25.0. The Morgan fingerprint density at radius 2 is 1.62 bits per heavy atom. The lowest BCUT2D eigenvalue weighted by Crippen LogP contribution is -2.57. The van der Waals surface area contributed by atoms with Crippen LogP contribution in [0.1, 0.15) is 48.2 Å². The zero-order chi connectivity index (χ0) is 37.6. The molecular weight excluding hydrogens is 670 g/mol. The van der Waals surface area contributed by atoms with E-state index in [1.165, 1.54) is 18.2 Å². The van der Waals surface area contributed by atoms with Gasteiger partial charge in [0.15, 0.2) is 11.5 Å². The van der Waals surface area contributed by atoms with Crippen LogP contribution in [0.15, 0.2) is 66.7 Å². The number of carbonyl (C=O) groups excluding carboxylic acids is 5. The van der Waals surface area contributed by atoms with Gasteiger partial charge >= 0.3 is 0 Å². The molecule has 0 saturated carbocycles. The maximum absolute atomic E-state index is 13.7. The fourth-order valence-electron chi connectivity index (χ4n) is 5.64. The summed E-state index contributed by atoms with van der Waals surface area (Å²) in [7, 11) is 3.11. The molecule has 0 fully saturated rings. The smallest absolute Gasteiger partial charge is 0.255 e. The molecule has 0 saturated heterocycles. The Morgan fingerprint density at radius 1 is 0.904 bits per heavy atom. The van der Waals surface area contributed by atoms with Gasteiger partial charge in [-0.15, -0.1) is 0 Å². The van der Waals surface area contributed by atoms with Crippen molar-refractivity contribution in [3.05, 3.63) is 83.4 Å². The molecule has 4 rings (SSSR count).